The van der Waals surface area contributed by atoms with E-state index in [1.165, 1.54) is 17.7 Å². The summed E-state index contributed by atoms with van der Waals surface area (Å²) in [4.78, 5) is 22.3. The Morgan fingerprint density at radius 2 is 2.07 bits per heavy atom. The smallest absolute Gasteiger partial charge is 0.229 e. The summed E-state index contributed by atoms with van der Waals surface area (Å²) < 4.78 is 1.97. The fourth-order valence-electron chi connectivity index (χ4n) is 4.81. The van der Waals surface area contributed by atoms with Crippen molar-refractivity contribution in [1.82, 2.24) is 24.8 Å². The minimum absolute atomic E-state index is 0.115. The van der Waals surface area contributed by atoms with Crippen LogP contribution in [0.4, 0.5) is 5.82 Å². The van der Waals surface area contributed by atoms with Crippen LogP contribution in [-0.2, 0) is 17.6 Å². The van der Waals surface area contributed by atoms with E-state index in [9.17, 15) is 4.79 Å². The number of piperidine rings is 1. The van der Waals surface area contributed by atoms with E-state index in [2.05, 4.69) is 27.1 Å². The van der Waals surface area contributed by atoms with Gasteiger partial charge in [0, 0.05) is 50.3 Å². The third kappa shape index (κ3) is 2.88. The van der Waals surface area contributed by atoms with Gasteiger partial charge in [-0.2, -0.15) is 9.61 Å². The lowest BCUT2D eigenvalue weighted by Crippen LogP contribution is -2.57. The molecule has 7 nitrogen and oxygen atoms in total. The Hall–Kier alpha value is -2.15. The molecule has 0 radical (unpaired) electrons. The lowest BCUT2D eigenvalue weighted by Gasteiger charge is -2.44. The Kier molecular flexibility index (Phi) is 4.27. The summed E-state index contributed by atoms with van der Waals surface area (Å²) in [5.74, 6) is 1.61. The third-order valence-corrected chi connectivity index (χ3v) is 6.40. The van der Waals surface area contributed by atoms with Crippen LogP contribution < -0.4 is 10.2 Å². The van der Waals surface area contributed by atoms with E-state index in [0.29, 0.717) is 11.9 Å². The molecule has 144 valence electrons. The van der Waals surface area contributed by atoms with Gasteiger partial charge in [-0.05, 0) is 39.2 Å². The van der Waals surface area contributed by atoms with E-state index in [4.69, 9.17) is 4.98 Å². The summed E-state index contributed by atoms with van der Waals surface area (Å²) in [6, 6.07) is 2.36. The van der Waals surface area contributed by atoms with Crippen LogP contribution in [0.2, 0.25) is 0 Å². The number of carbonyl (C=O) groups excluding carboxylic acids is 1. The first-order valence-electron chi connectivity index (χ1n) is 10.3. The zero-order valence-electron chi connectivity index (χ0n) is 16.0. The molecule has 3 aliphatic heterocycles. The first-order chi connectivity index (χ1) is 13.2. The number of rotatable bonds is 2. The van der Waals surface area contributed by atoms with E-state index in [1.807, 2.05) is 16.8 Å². The molecular weight excluding hydrogens is 340 g/mol. The molecule has 5 heterocycles. The number of carbonyl (C=O) groups is 1. The number of anilines is 1. The summed E-state index contributed by atoms with van der Waals surface area (Å²) in [7, 11) is 0. The van der Waals surface area contributed by atoms with E-state index in [0.717, 1.165) is 69.9 Å². The topological polar surface area (TPSA) is 65.8 Å². The van der Waals surface area contributed by atoms with E-state index in [-0.39, 0.29) is 5.92 Å². The monoisotopic (exact) mass is 368 g/mol. The van der Waals surface area contributed by atoms with Crippen LogP contribution in [0.3, 0.4) is 0 Å². The Balaban J connectivity index is 1.40. The number of hydrogen-bond acceptors (Lipinski definition) is 5. The Labute approximate surface area is 159 Å². The second-order valence-electron chi connectivity index (χ2n) is 8.19. The number of aromatic nitrogens is 3. The fraction of sp³-hybridized carbons (Fsp3) is 0.650. The van der Waals surface area contributed by atoms with Crippen molar-refractivity contribution in [3.8, 4) is 0 Å². The second-order valence-corrected chi connectivity index (χ2v) is 8.19. The lowest BCUT2D eigenvalue weighted by molar-refractivity contribution is -0.139. The predicted molar refractivity (Wildman–Crippen MR) is 104 cm³/mol. The van der Waals surface area contributed by atoms with Crippen LogP contribution in [0.1, 0.15) is 37.4 Å². The maximum absolute atomic E-state index is 13.0. The van der Waals surface area contributed by atoms with Crippen LogP contribution in [0.5, 0.6) is 0 Å². The van der Waals surface area contributed by atoms with E-state index < -0.39 is 0 Å². The molecule has 2 saturated heterocycles. The van der Waals surface area contributed by atoms with Crippen molar-refractivity contribution in [2.75, 3.05) is 37.6 Å². The van der Waals surface area contributed by atoms with E-state index in [1.54, 1.807) is 0 Å². The zero-order valence-corrected chi connectivity index (χ0v) is 16.0. The lowest BCUT2D eigenvalue weighted by atomic mass is 9.94. The van der Waals surface area contributed by atoms with E-state index >= 15 is 0 Å². The van der Waals surface area contributed by atoms with Crippen molar-refractivity contribution >= 4 is 17.4 Å². The van der Waals surface area contributed by atoms with Crippen molar-refractivity contribution in [2.24, 2.45) is 5.92 Å². The highest BCUT2D eigenvalue weighted by Gasteiger charge is 2.39. The van der Waals surface area contributed by atoms with Crippen molar-refractivity contribution in [1.29, 1.82) is 0 Å². The van der Waals surface area contributed by atoms with Gasteiger partial charge in [-0.3, -0.25) is 4.79 Å². The number of nitrogens with zero attached hydrogens (tertiary/aromatic N) is 5. The molecule has 2 aromatic rings. The molecule has 1 amide bonds. The van der Waals surface area contributed by atoms with Gasteiger partial charge in [-0.1, -0.05) is 0 Å². The van der Waals surface area contributed by atoms with Gasteiger partial charge in [-0.25, -0.2) is 4.98 Å². The maximum Gasteiger partial charge on any atom is 0.229 e. The van der Waals surface area contributed by atoms with Crippen LogP contribution in [0.25, 0.3) is 5.65 Å². The second kappa shape index (κ2) is 6.78. The molecule has 2 aromatic heterocycles. The first-order valence-corrected chi connectivity index (χ1v) is 10.3. The van der Waals surface area contributed by atoms with Gasteiger partial charge in [0.1, 0.15) is 5.82 Å². The standard InChI is InChI=1S/C20H28N6O/c1-14-4-2-3-11-25(14)20(27)15-12-24(13-15)19-16-5-8-21-9-6-17(16)23-18-7-10-22-26(18)19/h7,10,14-15,21H,2-6,8-9,11-13H2,1H3. The molecule has 1 atom stereocenters. The van der Waals surface area contributed by atoms with Gasteiger partial charge >= 0.3 is 0 Å². The van der Waals surface area contributed by atoms with Gasteiger partial charge in [0.15, 0.2) is 5.65 Å². The summed E-state index contributed by atoms with van der Waals surface area (Å²) in [5.41, 5.74) is 3.39. The molecule has 0 aromatic carbocycles. The highest BCUT2D eigenvalue weighted by Crippen LogP contribution is 2.33. The minimum atomic E-state index is 0.115. The predicted octanol–water partition coefficient (Wildman–Crippen LogP) is 1.25. The molecule has 2 fully saturated rings. The zero-order chi connectivity index (χ0) is 18.4. The minimum Gasteiger partial charge on any atom is -0.354 e. The molecule has 1 unspecified atom stereocenters. The quantitative estimate of drug-likeness (QED) is 0.864. The molecule has 0 bridgehead atoms. The average Bonchev–Trinajstić information content (AvgIpc) is 2.97. The van der Waals surface area contributed by atoms with Gasteiger partial charge in [0.2, 0.25) is 5.91 Å². The summed E-state index contributed by atoms with van der Waals surface area (Å²) in [5, 5.41) is 8.00. The number of amides is 1. The van der Waals surface area contributed by atoms with Gasteiger partial charge in [0.05, 0.1) is 17.8 Å². The van der Waals surface area contributed by atoms with Crippen LogP contribution >= 0.6 is 0 Å². The van der Waals surface area contributed by atoms with Crippen molar-refractivity contribution in [3.63, 3.8) is 0 Å². The highest BCUT2D eigenvalue weighted by atomic mass is 16.2. The molecule has 3 aliphatic rings. The largest absolute Gasteiger partial charge is 0.354 e. The van der Waals surface area contributed by atoms with Gasteiger partial charge in [0.25, 0.3) is 0 Å². The number of fused-ring (bicyclic) bond motifs is 2. The van der Waals surface area contributed by atoms with Crippen LogP contribution in [-0.4, -0.2) is 64.2 Å². The normalized spacial score (nSPS) is 23.8. The summed E-state index contributed by atoms with van der Waals surface area (Å²) >= 11 is 0. The average molecular weight is 368 g/mol. The molecule has 5 rings (SSSR count). The number of hydrogen-bond donors (Lipinski definition) is 1. The van der Waals surface area contributed by atoms with Gasteiger partial charge < -0.3 is 15.1 Å². The molecular formula is C20H28N6O. The molecule has 0 saturated carbocycles. The first kappa shape index (κ1) is 17.0. The Morgan fingerprint density at radius 3 is 2.93 bits per heavy atom. The van der Waals surface area contributed by atoms with Crippen molar-refractivity contribution in [2.45, 2.75) is 45.1 Å². The van der Waals surface area contributed by atoms with Crippen LogP contribution in [0.15, 0.2) is 12.3 Å². The molecule has 7 heteroatoms. The van der Waals surface area contributed by atoms with Gasteiger partial charge in [-0.15, -0.1) is 0 Å². The molecule has 0 spiro atoms. The highest BCUT2D eigenvalue weighted by molar-refractivity contribution is 5.82. The maximum atomic E-state index is 13.0. The Bertz CT molecular complexity index is 856. The summed E-state index contributed by atoms with van der Waals surface area (Å²) in [6.45, 7) is 6.64. The van der Waals surface area contributed by atoms with Crippen LogP contribution in [0, 0.1) is 5.92 Å². The van der Waals surface area contributed by atoms with Crippen molar-refractivity contribution in [3.05, 3.63) is 23.5 Å². The van der Waals surface area contributed by atoms with Crippen molar-refractivity contribution < 1.29 is 4.79 Å². The molecule has 1 N–H and O–H groups in total. The summed E-state index contributed by atoms with van der Waals surface area (Å²) in [6.07, 6.45) is 7.26. The Morgan fingerprint density at radius 1 is 1.22 bits per heavy atom. The third-order valence-electron chi connectivity index (χ3n) is 6.40. The number of likely N-dealkylation sites (tertiary alicyclic amines) is 1. The SMILES string of the molecule is CC1CCCCN1C(=O)C1CN(c2c3c(nc4ccnn24)CCNCC3)C1. The fourth-order valence-corrected chi connectivity index (χ4v) is 4.81. The molecule has 27 heavy (non-hydrogen) atoms. The number of nitrogens with one attached hydrogen (secondary N) is 1. The molecule has 0 aliphatic carbocycles.